The van der Waals surface area contributed by atoms with Gasteiger partial charge in [0.25, 0.3) is 9.70 Å². The number of hydrogen-bond donors (Lipinski definition) is 1. The van der Waals surface area contributed by atoms with E-state index in [1.54, 1.807) is 0 Å². The molecule has 0 heterocycles. The van der Waals surface area contributed by atoms with E-state index in [-0.39, 0.29) is 0 Å². The molecule has 0 saturated carbocycles. The molecule has 0 fully saturated rings. The molecule has 0 aliphatic heterocycles. The van der Waals surface area contributed by atoms with Gasteiger partial charge in [-0.3, -0.25) is 4.79 Å². The lowest BCUT2D eigenvalue weighted by molar-refractivity contribution is -0.120. The number of carbonyl (C=O) groups excluding carboxylic acids is 1. The Morgan fingerprint density at radius 3 is 2.05 bits per heavy atom. The second kappa shape index (κ2) is 7.56. The van der Waals surface area contributed by atoms with Crippen LogP contribution in [0.25, 0.3) is 0 Å². The number of hydrogen-bond acceptors (Lipinski definition) is 1. The predicted molar refractivity (Wildman–Crippen MR) is 90.9 cm³/mol. The molecule has 0 spiro atoms. The highest BCUT2D eigenvalue weighted by molar-refractivity contribution is 6.76. The minimum Gasteiger partial charge on any atom is -0.335 e. The Hall–Kier alpha value is -1.66. The first-order valence-electron chi connectivity index (χ1n) is 6.46. The second-order valence-corrected chi connectivity index (χ2v) is 6.73. The molecule has 5 heteroatoms. The number of nitrogens with one attached hydrogen (secondary N) is 1. The molecule has 22 heavy (non-hydrogen) atoms. The first kappa shape index (κ1) is 16.7. The van der Waals surface area contributed by atoms with Crippen LogP contribution in [-0.4, -0.2) is 9.70 Å². The van der Waals surface area contributed by atoms with Crippen LogP contribution in [0.15, 0.2) is 60.7 Å². The van der Waals surface area contributed by atoms with Crippen LogP contribution >= 0.6 is 34.8 Å². The van der Waals surface area contributed by atoms with Gasteiger partial charge in [-0.05, 0) is 17.7 Å². The van der Waals surface area contributed by atoms with Crippen molar-refractivity contribution in [3.05, 3.63) is 71.8 Å². The Bertz CT molecular complexity index is 685. The Labute approximate surface area is 144 Å². The summed E-state index contributed by atoms with van der Waals surface area (Å²) in [5.74, 6) is 5.29. The average Bonchev–Trinajstić information content (AvgIpc) is 2.52. The first-order valence-corrected chi connectivity index (χ1v) is 7.59. The molecule has 1 amide bonds. The minimum absolute atomic E-state index is 0.565. The highest BCUT2D eigenvalue weighted by Gasteiger charge is 2.32. The zero-order valence-electron chi connectivity index (χ0n) is 11.4. The van der Waals surface area contributed by atoms with Crippen LogP contribution in [-0.2, 0) is 4.79 Å². The average molecular weight is 353 g/mol. The van der Waals surface area contributed by atoms with Crippen LogP contribution < -0.4 is 5.32 Å². The SMILES string of the molecule is O=C(NC(C#Cc1ccccc1)c1ccccc1)C(Cl)(Cl)Cl. The van der Waals surface area contributed by atoms with E-state index in [0.717, 1.165) is 11.1 Å². The summed E-state index contributed by atoms with van der Waals surface area (Å²) in [5.41, 5.74) is 1.65. The number of rotatable bonds is 2. The standard InChI is InChI=1S/C17H12Cl3NO/c18-17(19,20)16(22)21-15(14-9-5-2-6-10-14)12-11-13-7-3-1-4-8-13/h1-10,15H,(H,21,22). The lowest BCUT2D eigenvalue weighted by Gasteiger charge is -2.17. The fourth-order valence-electron chi connectivity index (χ4n) is 1.74. The van der Waals surface area contributed by atoms with Gasteiger partial charge in [0, 0.05) is 5.56 Å². The molecule has 0 aliphatic rings. The van der Waals surface area contributed by atoms with Crippen molar-refractivity contribution in [2.45, 2.75) is 9.83 Å². The van der Waals surface area contributed by atoms with Crippen LogP contribution in [0.1, 0.15) is 17.2 Å². The van der Waals surface area contributed by atoms with Gasteiger partial charge in [-0.2, -0.15) is 0 Å². The van der Waals surface area contributed by atoms with Gasteiger partial charge in [0.2, 0.25) is 0 Å². The van der Waals surface area contributed by atoms with Gasteiger partial charge >= 0.3 is 0 Å². The molecule has 1 N–H and O–H groups in total. The van der Waals surface area contributed by atoms with Crippen molar-refractivity contribution in [2.75, 3.05) is 0 Å². The van der Waals surface area contributed by atoms with Gasteiger partial charge in [-0.1, -0.05) is 95.2 Å². The molecule has 2 aromatic rings. The molecule has 0 radical (unpaired) electrons. The maximum atomic E-state index is 11.9. The third-order valence-electron chi connectivity index (χ3n) is 2.80. The van der Waals surface area contributed by atoms with Crippen molar-refractivity contribution in [3.63, 3.8) is 0 Å². The van der Waals surface area contributed by atoms with Gasteiger partial charge in [0.1, 0.15) is 6.04 Å². The molecular weight excluding hydrogens is 341 g/mol. The van der Waals surface area contributed by atoms with Crippen LogP contribution in [0.3, 0.4) is 0 Å². The summed E-state index contributed by atoms with van der Waals surface area (Å²) in [6, 6.07) is 18.2. The zero-order valence-corrected chi connectivity index (χ0v) is 13.7. The van der Waals surface area contributed by atoms with Crippen LogP contribution in [0.4, 0.5) is 0 Å². The summed E-state index contributed by atoms with van der Waals surface area (Å²) >= 11 is 16.8. The van der Waals surface area contributed by atoms with E-state index in [2.05, 4.69) is 17.2 Å². The Morgan fingerprint density at radius 2 is 1.50 bits per heavy atom. The summed E-state index contributed by atoms with van der Waals surface area (Å²) in [7, 11) is 0. The van der Waals surface area contributed by atoms with Crippen LogP contribution in [0, 0.1) is 11.8 Å². The van der Waals surface area contributed by atoms with Crippen LogP contribution in [0.2, 0.25) is 0 Å². The number of amides is 1. The van der Waals surface area contributed by atoms with Gasteiger partial charge < -0.3 is 5.32 Å². The van der Waals surface area contributed by atoms with Gasteiger partial charge in [-0.15, -0.1) is 0 Å². The monoisotopic (exact) mass is 351 g/mol. The highest BCUT2D eigenvalue weighted by atomic mass is 35.6. The largest absolute Gasteiger partial charge is 0.335 e. The van der Waals surface area contributed by atoms with E-state index in [0.29, 0.717) is 0 Å². The minimum atomic E-state index is -2.03. The molecule has 112 valence electrons. The normalized spacial score (nSPS) is 12.0. The summed E-state index contributed by atoms with van der Waals surface area (Å²) in [6.45, 7) is 0. The zero-order chi connectivity index (χ0) is 16.0. The predicted octanol–water partition coefficient (Wildman–Crippen LogP) is 4.27. The number of benzene rings is 2. The Kier molecular flexibility index (Phi) is 5.74. The number of alkyl halides is 3. The molecule has 2 aromatic carbocycles. The van der Waals surface area contributed by atoms with Crippen molar-refractivity contribution < 1.29 is 4.79 Å². The molecule has 0 aliphatic carbocycles. The molecular formula is C17H12Cl3NO. The highest BCUT2D eigenvalue weighted by Crippen LogP contribution is 2.27. The molecule has 2 nitrogen and oxygen atoms in total. The van der Waals surface area contributed by atoms with E-state index >= 15 is 0 Å². The molecule has 2 rings (SSSR count). The maximum absolute atomic E-state index is 11.9. The molecule has 1 atom stereocenters. The molecule has 0 aromatic heterocycles. The summed E-state index contributed by atoms with van der Waals surface area (Å²) in [6.07, 6.45) is 0. The van der Waals surface area contributed by atoms with E-state index in [1.807, 2.05) is 60.7 Å². The summed E-state index contributed by atoms with van der Waals surface area (Å²) in [5, 5.41) is 2.64. The van der Waals surface area contributed by atoms with Gasteiger partial charge in [0.15, 0.2) is 0 Å². The summed E-state index contributed by atoms with van der Waals surface area (Å²) in [4.78, 5) is 11.9. The van der Waals surface area contributed by atoms with E-state index in [1.165, 1.54) is 0 Å². The van der Waals surface area contributed by atoms with E-state index < -0.39 is 15.7 Å². The third-order valence-corrected chi connectivity index (χ3v) is 3.32. The van der Waals surface area contributed by atoms with Crippen molar-refractivity contribution in [3.8, 4) is 11.8 Å². The number of halogens is 3. The lowest BCUT2D eigenvalue weighted by Crippen LogP contribution is -2.36. The molecule has 1 unspecified atom stereocenters. The van der Waals surface area contributed by atoms with Crippen molar-refractivity contribution in [1.82, 2.24) is 5.32 Å². The van der Waals surface area contributed by atoms with E-state index in [9.17, 15) is 4.79 Å². The topological polar surface area (TPSA) is 29.1 Å². The molecule has 0 bridgehead atoms. The smallest absolute Gasteiger partial charge is 0.273 e. The van der Waals surface area contributed by atoms with E-state index in [4.69, 9.17) is 34.8 Å². The van der Waals surface area contributed by atoms with Crippen molar-refractivity contribution in [2.24, 2.45) is 0 Å². The van der Waals surface area contributed by atoms with Crippen molar-refractivity contribution >= 4 is 40.7 Å². The summed E-state index contributed by atoms with van der Waals surface area (Å²) < 4.78 is -2.03. The van der Waals surface area contributed by atoms with Gasteiger partial charge in [0.05, 0.1) is 0 Å². The second-order valence-electron chi connectivity index (χ2n) is 4.45. The number of carbonyl (C=O) groups is 1. The van der Waals surface area contributed by atoms with Crippen molar-refractivity contribution in [1.29, 1.82) is 0 Å². The van der Waals surface area contributed by atoms with Crippen LogP contribution in [0.5, 0.6) is 0 Å². The maximum Gasteiger partial charge on any atom is 0.273 e. The molecule has 0 saturated heterocycles. The quantitative estimate of drug-likeness (QED) is 0.635. The van der Waals surface area contributed by atoms with Gasteiger partial charge in [-0.25, -0.2) is 0 Å². The Balaban J connectivity index is 2.27. The lowest BCUT2D eigenvalue weighted by atomic mass is 10.1. The Morgan fingerprint density at radius 1 is 0.955 bits per heavy atom. The first-order chi connectivity index (χ1) is 10.5. The fraction of sp³-hybridized carbons (Fsp3) is 0.118. The third kappa shape index (κ3) is 4.96. The fourth-order valence-corrected chi connectivity index (χ4v) is 1.90.